The number of carbonyl (C=O) groups excluding carboxylic acids is 3. The number of alkyl halides is 1. The molecule has 0 atom stereocenters. The molecule has 9 nitrogen and oxygen atoms in total. The van der Waals surface area contributed by atoms with Crippen LogP contribution < -0.4 is 10.6 Å². The summed E-state index contributed by atoms with van der Waals surface area (Å²) in [4.78, 5) is 36.2. The normalized spacial score (nSPS) is 22.4. The molecular formula is C28H39ClN2O7. The molecule has 2 amide bonds. The number of hydrogen-bond acceptors (Lipinski definition) is 7. The summed E-state index contributed by atoms with van der Waals surface area (Å²) in [5.74, 6) is 0.541. The Kier molecular flexibility index (Phi) is 11.4. The molecule has 2 saturated heterocycles. The fourth-order valence-electron chi connectivity index (χ4n) is 5.31. The maximum absolute atomic E-state index is 12.6. The van der Waals surface area contributed by atoms with E-state index in [0.29, 0.717) is 71.1 Å². The van der Waals surface area contributed by atoms with Crippen LogP contribution in [0.1, 0.15) is 74.2 Å². The molecule has 10 heteroatoms. The molecule has 1 saturated carbocycles. The summed E-state index contributed by atoms with van der Waals surface area (Å²) >= 11 is 5.45. The minimum absolute atomic E-state index is 0.0312. The number of halogens is 1. The van der Waals surface area contributed by atoms with Gasteiger partial charge >= 0.3 is 0 Å². The van der Waals surface area contributed by atoms with E-state index in [1.807, 2.05) is 18.2 Å². The van der Waals surface area contributed by atoms with Crippen LogP contribution in [0.4, 0.5) is 0 Å². The van der Waals surface area contributed by atoms with E-state index in [-0.39, 0.29) is 29.4 Å². The lowest BCUT2D eigenvalue weighted by molar-refractivity contribution is -0.125. The fourth-order valence-corrected chi connectivity index (χ4v) is 5.40. The van der Waals surface area contributed by atoms with Gasteiger partial charge in [0.1, 0.15) is 11.7 Å². The molecule has 4 rings (SSSR count). The first-order valence-corrected chi connectivity index (χ1v) is 14.3. The van der Waals surface area contributed by atoms with Gasteiger partial charge < -0.3 is 29.6 Å². The quantitative estimate of drug-likeness (QED) is 0.286. The molecule has 38 heavy (non-hydrogen) atoms. The minimum atomic E-state index is -0.439. The zero-order valence-electron chi connectivity index (χ0n) is 21.9. The van der Waals surface area contributed by atoms with E-state index < -0.39 is 12.6 Å². The molecule has 3 aliphatic rings. The number of benzene rings is 1. The lowest BCUT2D eigenvalue weighted by Crippen LogP contribution is -2.32. The number of hydrogen-bond donors (Lipinski definition) is 2. The third-order valence-corrected chi connectivity index (χ3v) is 7.72. The standard InChI is InChI=1S/C28H39ClN2O7/c29-17-26(34)30-11-1-2-24(32)21-7-3-20(4-8-21)18-31-25(33)10-6-19-5-9-22(27-35-12-13-36-27)23(16-19)28-37-14-15-38-28/h5,9,16,20-21,27-28H,1-4,6-8,10-15,17-18H2,(H,30,34)(H,31,33). The Bertz CT molecular complexity index is 939. The number of amides is 2. The van der Waals surface area contributed by atoms with E-state index >= 15 is 0 Å². The van der Waals surface area contributed by atoms with E-state index in [9.17, 15) is 14.4 Å². The van der Waals surface area contributed by atoms with Gasteiger partial charge in [-0.2, -0.15) is 0 Å². The predicted octanol–water partition coefficient (Wildman–Crippen LogP) is 3.34. The SMILES string of the molecule is O=C(CCl)NCCCC(=O)C1CCC(CNC(=O)CCc2ccc(C3OCCO3)c(C3OCCO3)c2)CC1. The van der Waals surface area contributed by atoms with Gasteiger partial charge in [0.05, 0.1) is 26.4 Å². The number of Topliss-reactive ketones (excluding diaryl/α,β-unsaturated/α-hetero) is 1. The number of ether oxygens (including phenoxy) is 4. The number of nitrogens with one attached hydrogen (secondary N) is 2. The number of aryl methyl sites for hydroxylation is 1. The second kappa shape index (κ2) is 14.9. The molecule has 0 unspecified atom stereocenters. The monoisotopic (exact) mass is 550 g/mol. The van der Waals surface area contributed by atoms with Crippen molar-refractivity contribution in [2.75, 3.05) is 45.4 Å². The Morgan fingerprint density at radius 3 is 2.13 bits per heavy atom. The van der Waals surface area contributed by atoms with Gasteiger partial charge in [0.15, 0.2) is 12.6 Å². The maximum Gasteiger partial charge on any atom is 0.234 e. The average Bonchev–Trinajstić information content (AvgIpc) is 3.68. The van der Waals surface area contributed by atoms with Crippen molar-refractivity contribution >= 4 is 29.2 Å². The zero-order valence-corrected chi connectivity index (χ0v) is 22.6. The summed E-state index contributed by atoms with van der Waals surface area (Å²) in [7, 11) is 0. The van der Waals surface area contributed by atoms with Crippen LogP contribution in [0.5, 0.6) is 0 Å². The van der Waals surface area contributed by atoms with E-state index in [1.54, 1.807) is 0 Å². The van der Waals surface area contributed by atoms with E-state index in [2.05, 4.69) is 10.6 Å². The third-order valence-electron chi connectivity index (χ3n) is 7.48. The Labute approximate surface area is 229 Å². The first kappa shape index (κ1) is 29.0. The minimum Gasteiger partial charge on any atom is -0.356 e. The van der Waals surface area contributed by atoms with Crippen LogP contribution in [0.25, 0.3) is 0 Å². The van der Waals surface area contributed by atoms with Crippen molar-refractivity contribution in [2.45, 2.75) is 63.9 Å². The number of ketones is 1. The Morgan fingerprint density at radius 1 is 0.816 bits per heavy atom. The topological polar surface area (TPSA) is 112 Å². The fraction of sp³-hybridized carbons (Fsp3) is 0.679. The Balaban J connectivity index is 1.16. The molecule has 1 aromatic rings. The van der Waals surface area contributed by atoms with Gasteiger partial charge in [-0.3, -0.25) is 14.4 Å². The zero-order chi connectivity index (χ0) is 26.7. The number of rotatable bonds is 13. The van der Waals surface area contributed by atoms with Crippen molar-refractivity contribution < 1.29 is 33.3 Å². The summed E-state index contributed by atoms with van der Waals surface area (Å²) in [6.45, 7) is 3.35. The molecule has 0 spiro atoms. The van der Waals surface area contributed by atoms with Crippen molar-refractivity contribution in [3.63, 3.8) is 0 Å². The number of carbonyl (C=O) groups is 3. The van der Waals surface area contributed by atoms with Crippen LogP contribution in [0.2, 0.25) is 0 Å². The largest absolute Gasteiger partial charge is 0.356 e. The van der Waals surface area contributed by atoms with Gasteiger partial charge in [-0.05, 0) is 50.0 Å². The van der Waals surface area contributed by atoms with E-state index in [4.69, 9.17) is 30.5 Å². The van der Waals surface area contributed by atoms with Crippen molar-refractivity contribution in [2.24, 2.45) is 11.8 Å². The van der Waals surface area contributed by atoms with E-state index in [1.165, 1.54) is 0 Å². The van der Waals surface area contributed by atoms with Crippen LogP contribution in [-0.2, 0) is 39.8 Å². The van der Waals surface area contributed by atoms with Gasteiger partial charge in [-0.25, -0.2) is 0 Å². The lowest BCUT2D eigenvalue weighted by Gasteiger charge is -2.28. The van der Waals surface area contributed by atoms with Gasteiger partial charge in [0.25, 0.3) is 0 Å². The summed E-state index contributed by atoms with van der Waals surface area (Å²) < 4.78 is 22.8. The summed E-state index contributed by atoms with van der Waals surface area (Å²) in [6, 6.07) is 6.03. The summed E-state index contributed by atoms with van der Waals surface area (Å²) in [6.07, 6.45) is 4.90. The summed E-state index contributed by atoms with van der Waals surface area (Å²) in [5.41, 5.74) is 2.85. The lowest BCUT2D eigenvalue weighted by atomic mass is 9.79. The van der Waals surface area contributed by atoms with Crippen molar-refractivity contribution in [3.8, 4) is 0 Å². The van der Waals surface area contributed by atoms with Crippen LogP contribution in [0, 0.1) is 11.8 Å². The smallest absolute Gasteiger partial charge is 0.234 e. The highest BCUT2D eigenvalue weighted by molar-refractivity contribution is 6.27. The Morgan fingerprint density at radius 2 is 1.47 bits per heavy atom. The van der Waals surface area contributed by atoms with Crippen molar-refractivity contribution in [1.29, 1.82) is 0 Å². The van der Waals surface area contributed by atoms with Gasteiger partial charge in [0.2, 0.25) is 11.8 Å². The van der Waals surface area contributed by atoms with Gasteiger partial charge in [-0.1, -0.05) is 18.2 Å². The Hall–Kier alpha value is -2.04. The first-order chi connectivity index (χ1) is 18.5. The maximum atomic E-state index is 12.6. The van der Waals surface area contributed by atoms with Crippen LogP contribution in [-0.4, -0.2) is 63.0 Å². The molecule has 210 valence electrons. The highest BCUT2D eigenvalue weighted by atomic mass is 35.5. The molecule has 0 radical (unpaired) electrons. The molecule has 2 heterocycles. The molecule has 1 aliphatic carbocycles. The third kappa shape index (κ3) is 8.48. The average molecular weight is 551 g/mol. The molecule has 0 bridgehead atoms. The van der Waals surface area contributed by atoms with Crippen molar-refractivity contribution in [3.05, 3.63) is 34.9 Å². The first-order valence-electron chi connectivity index (χ1n) is 13.7. The highest BCUT2D eigenvalue weighted by Crippen LogP contribution is 2.34. The molecule has 0 aromatic heterocycles. The molecule has 3 fully saturated rings. The van der Waals surface area contributed by atoms with Gasteiger partial charge in [-0.15, -0.1) is 11.6 Å². The van der Waals surface area contributed by atoms with Crippen LogP contribution in [0.15, 0.2) is 18.2 Å². The predicted molar refractivity (Wildman–Crippen MR) is 140 cm³/mol. The molecule has 2 N–H and O–H groups in total. The van der Waals surface area contributed by atoms with Crippen LogP contribution in [0.3, 0.4) is 0 Å². The van der Waals surface area contributed by atoms with Gasteiger partial charge in [0, 0.05) is 43.0 Å². The second-order valence-corrected chi connectivity index (χ2v) is 10.5. The molecule has 2 aliphatic heterocycles. The highest BCUT2D eigenvalue weighted by Gasteiger charge is 2.29. The second-order valence-electron chi connectivity index (χ2n) is 10.2. The van der Waals surface area contributed by atoms with Crippen molar-refractivity contribution in [1.82, 2.24) is 10.6 Å². The van der Waals surface area contributed by atoms with E-state index in [0.717, 1.165) is 42.4 Å². The summed E-state index contributed by atoms with van der Waals surface area (Å²) in [5, 5.41) is 5.78. The van der Waals surface area contributed by atoms with Crippen LogP contribution >= 0.6 is 11.6 Å². The molecular weight excluding hydrogens is 512 g/mol. The molecule has 1 aromatic carbocycles.